The van der Waals surface area contributed by atoms with Gasteiger partial charge >= 0.3 is 0 Å². The van der Waals surface area contributed by atoms with Crippen LogP contribution in [0.3, 0.4) is 0 Å². The minimum absolute atomic E-state index is 0.484. The number of unbranched alkanes of at least 4 members (excludes halogenated alkanes) is 2. The normalized spacial score (nSPS) is 32.8. The molecule has 3 aliphatic carbocycles. The SMILES string of the molecule is CCCCCC1CCC(C2CCC(C#CC3C=CC(c4ccc(C)cc4)CC3)CC2)CC1. The van der Waals surface area contributed by atoms with E-state index in [0.717, 1.165) is 17.8 Å². The van der Waals surface area contributed by atoms with Crippen LogP contribution in [-0.4, -0.2) is 0 Å². The number of aryl methyl sites for hydroxylation is 1. The first-order valence-corrected chi connectivity index (χ1v) is 14.0. The number of benzene rings is 1. The first-order chi connectivity index (χ1) is 15.7. The summed E-state index contributed by atoms with van der Waals surface area (Å²) in [6.45, 7) is 4.49. The van der Waals surface area contributed by atoms with Gasteiger partial charge in [-0.25, -0.2) is 0 Å². The molecule has 32 heavy (non-hydrogen) atoms. The molecule has 174 valence electrons. The topological polar surface area (TPSA) is 0 Å². The lowest BCUT2D eigenvalue weighted by atomic mass is 9.68. The molecule has 0 amide bonds. The number of allylic oxidation sites excluding steroid dienone is 2. The fourth-order valence-electron chi connectivity index (χ4n) is 6.62. The van der Waals surface area contributed by atoms with Crippen molar-refractivity contribution < 1.29 is 0 Å². The van der Waals surface area contributed by atoms with Gasteiger partial charge in [-0.05, 0) is 81.6 Å². The zero-order chi connectivity index (χ0) is 22.2. The molecule has 4 rings (SSSR count). The van der Waals surface area contributed by atoms with Crippen molar-refractivity contribution in [3.8, 4) is 11.8 Å². The fraction of sp³-hybridized carbons (Fsp3) is 0.688. The molecule has 2 saturated carbocycles. The van der Waals surface area contributed by atoms with Crippen molar-refractivity contribution in [2.75, 3.05) is 0 Å². The van der Waals surface area contributed by atoms with E-state index < -0.39 is 0 Å². The maximum atomic E-state index is 3.71. The Morgan fingerprint density at radius 2 is 1.41 bits per heavy atom. The molecule has 0 bridgehead atoms. The van der Waals surface area contributed by atoms with Gasteiger partial charge in [-0.3, -0.25) is 0 Å². The maximum Gasteiger partial charge on any atom is 0.0383 e. The summed E-state index contributed by atoms with van der Waals surface area (Å²) in [6, 6.07) is 9.08. The third kappa shape index (κ3) is 6.76. The molecule has 2 fully saturated rings. The monoisotopic (exact) mass is 430 g/mol. The van der Waals surface area contributed by atoms with E-state index in [0.29, 0.717) is 17.8 Å². The van der Waals surface area contributed by atoms with Crippen molar-refractivity contribution >= 4 is 0 Å². The Morgan fingerprint density at radius 3 is 2.03 bits per heavy atom. The van der Waals surface area contributed by atoms with Gasteiger partial charge in [-0.2, -0.15) is 0 Å². The van der Waals surface area contributed by atoms with E-state index in [2.05, 4.69) is 62.1 Å². The van der Waals surface area contributed by atoms with Gasteiger partial charge in [0.05, 0.1) is 0 Å². The van der Waals surface area contributed by atoms with Gasteiger partial charge in [0, 0.05) is 17.8 Å². The Morgan fingerprint density at radius 1 is 0.719 bits per heavy atom. The van der Waals surface area contributed by atoms with Gasteiger partial charge < -0.3 is 0 Å². The summed E-state index contributed by atoms with van der Waals surface area (Å²) in [5.41, 5.74) is 2.81. The van der Waals surface area contributed by atoms with Gasteiger partial charge in [-0.15, -0.1) is 0 Å². The molecular formula is C32H46. The predicted molar refractivity (Wildman–Crippen MR) is 139 cm³/mol. The Labute approximate surface area is 198 Å². The smallest absolute Gasteiger partial charge is 0.0383 e. The molecular weight excluding hydrogens is 384 g/mol. The van der Waals surface area contributed by atoms with E-state index in [1.165, 1.54) is 101 Å². The quantitative estimate of drug-likeness (QED) is 0.240. The molecule has 0 heteroatoms. The van der Waals surface area contributed by atoms with Crippen molar-refractivity contribution in [3.63, 3.8) is 0 Å². The third-order valence-corrected chi connectivity index (χ3v) is 8.89. The number of rotatable bonds is 6. The highest BCUT2D eigenvalue weighted by Gasteiger charge is 2.30. The minimum Gasteiger partial charge on any atom is -0.0993 e. The van der Waals surface area contributed by atoms with Crippen molar-refractivity contribution in [1.82, 2.24) is 0 Å². The van der Waals surface area contributed by atoms with Crippen molar-refractivity contribution in [2.45, 2.75) is 110 Å². The average molecular weight is 431 g/mol. The standard InChI is InChI=1S/C32H46/c1-3-4-5-6-26-11-19-31(20-12-26)32-23-15-28(16-24-32)10-9-27-13-21-30(22-14-27)29-17-7-25(2)8-18-29/h7-8,13,17-18,21,26-28,30-32H,3-6,11-12,14-16,19-20,22-24H2,1-2H3. The molecule has 0 aliphatic heterocycles. The molecule has 2 unspecified atom stereocenters. The summed E-state index contributed by atoms with van der Waals surface area (Å²) in [5, 5.41) is 0. The van der Waals surface area contributed by atoms with E-state index in [1.807, 2.05) is 0 Å². The second-order valence-corrected chi connectivity index (χ2v) is 11.3. The second-order valence-electron chi connectivity index (χ2n) is 11.3. The highest BCUT2D eigenvalue weighted by Crippen LogP contribution is 2.42. The van der Waals surface area contributed by atoms with E-state index in [4.69, 9.17) is 0 Å². The molecule has 0 spiro atoms. The molecule has 0 nitrogen and oxygen atoms in total. The number of hydrogen-bond donors (Lipinski definition) is 0. The van der Waals surface area contributed by atoms with Crippen LogP contribution < -0.4 is 0 Å². The van der Waals surface area contributed by atoms with Gasteiger partial charge in [0.1, 0.15) is 0 Å². The van der Waals surface area contributed by atoms with Crippen LogP contribution in [0.1, 0.15) is 114 Å². The lowest BCUT2D eigenvalue weighted by Crippen LogP contribution is -2.25. The van der Waals surface area contributed by atoms with E-state index in [1.54, 1.807) is 0 Å². The zero-order valence-corrected chi connectivity index (χ0v) is 20.8. The summed E-state index contributed by atoms with van der Waals surface area (Å²) < 4.78 is 0. The zero-order valence-electron chi connectivity index (χ0n) is 20.8. The molecule has 2 atom stereocenters. The summed E-state index contributed by atoms with van der Waals surface area (Å²) >= 11 is 0. The molecule has 0 aromatic heterocycles. The van der Waals surface area contributed by atoms with Gasteiger partial charge in [-0.1, -0.05) is 99.3 Å². The van der Waals surface area contributed by atoms with E-state index >= 15 is 0 Å². The predicted octanol–water partition coefficient (Wildman–Crippen LogP) is 9.24. The molecule has 0 heterocycles. The molecule has 0 radical (unpaired) electrons. The minimum atomic E-state index is 0.484. The lowest BCUT2D eigenvalue weighted by molar-refractivity contribution is 0.153. The largest absolute Gasteiger partial charge is 0.0993 e. The van der Waals surface area contributed by atoms with Crippen LogP contribution in [0.2, 0.25) is 0 Å². The first-order valence-electron chi connectivity index (χ1n) is 14.0. The first kappa shape index (κ1) is 23.7. The Hall–Kier alpha value is -1.48. The second kappa shape index (κ2) is 12.1. The molecule has 0 saturated heterocycles. The van der Waals surface area contributed by atoms with Crippen LogP contribution in [0, 0.1) is 48.4 Å². The van der Waals surface area contributed by atoms with Crippen LogP contribution in [0.4, 0.5) is 0 Å². The van der Waals surface area contributed by atoms with Crippen LogP contribution in [0.25, 0.3) is 0 Å². The van der Waals surface area contributed by atoms with Gasteiger partial charge in [0.25, 0.3) is 0 Å². The highest BCUT2D eigenvalue weighted by atomic mass is 14.4. The number of hydrogen-bond acceptors (Lipinski definition) is 0. The molecule has 1 aromatic carbocycles. The summed E-state index contributed by atoms with van der Waals surface area (Å²) in [6.07, 6.45) is 24.7. The van der Waals surface area contributed by atoms with E-state index in [9.17, 15) is 0 Å². The summed E-state index contributed by atoms with van der Waals surface area (Å²) in [7, 11) is 0. The van der Waals surface area contributed by atoms with Crippen LogP contribution in [0.5, 0.6) is 0 Å². The van der Waals surface area contributed by atoms with Crippen molar-refractivity contribution in [1.29, 1.82) is 0 Å². The third-order valence-electron chi connectivity index (χ3n) is 8.89. The highest BCUT2D eigenvalue weighted by molar-refractivity contribution is 5.29. The Balaban J connectivity index is 1.17. The van der Waals surface area contributed by atoms with Crippen molar-refractivity contribution in [2.24, 2.45) is 29.6 Å². The maximum absolute atomic E-state index is 3.71. The lowest BCUT2D eigenvalue weighted by Gasteiger charge is -2.37. The molecule has 1 aromatic rings. The Kier molecular flexibility index (Phi) is 8.96. The fourth-order valence-corrected chi connectivity index (χ4v) is 6.62. The summed E-state index contributed by atoms with van der Waals surface area (Å²) in [5.74, 6) is 12.2. The van der Waals surface area contributed by atoms with Crippen LogP contribution in [-0.2, 0) is 0 Å². The van der Waals surface area contributed by atoms with Gasteiger partial charge in [0.15, 0.2) is 0 Å². The summed E-state index contributed by atoms with van der Waals surface area (Å²) in [4.78, 5) is 0. The Bertz CT molecular complexity index is 756. The molecule has 3 aliphatic rings. The van der Waals surface area contributed by atoms with Crippen molar-refractivity contribution in [3.05, 3.63) is 47.5 Å². The van der Waals surface area contributed by atoms with Crippen LogP contribution in [0.15, 0.2) is 36.4 Å². The van der Waals surface area contributed by atoms with E-state index in [-0.39, 0.29) is 0 Å². The molecule has 0 N–H and O–H groups in total. The van der Waals surface area contributed by atoms with Gasteiger partial charge in [0.2, 0.25) is 0 Å². The van der Waals surface area contributed by atoms with Crippen LogP contribution >= 0.6 is 0 Å². The average Bonchev–Trinajstić information content (AvgIpc) is 2.85.